The first kappa shape index (κ1) is 51.1. The van der Waals surface area contributed by atoms with Crippen LogP contribution in [0, 0.1) is 17.3 Å². The smallest absolute Gasteiger partial charge is 0.408 e. The fraction of sp³-hybridized carbons (Fsp3) is 0.723. The van der Waals surface area contributed by atoms with Gasteiger partial charge in [0.05, 0.1) is 5.41 Å². The second kappa shape index (κ2) is 21.4. The lowest BCUT2D eigenvalue weighted by molar-refractivity contribution is -0.152. The van der Waals surface area contributed by atoms with Gasteiger partial charge >= 0.3 is 30.1 Å². The minimum Gasteiger partial charge on any atom is -0.461 e. The summed E-state index contributed by atoms with van der Waals surface area (Å²) in [5.41, 5.74) is -0.544. The first-order chi connectivity index (χ1) is 27.1. The van der Waals surface area contributed by atoms with E-state index in [9.17, 15) is 24.0 Å². The average molecular weight is 829 g/mol. The maximum atomic E-state index is 14.0. The minimum atomic E-state index is -1.10. The van der Waals surface area contributed by atoms with E-state index < -0.39 is 64.2 Å². The molecule has 0 fully saturated rings. The molecular weight excluding hydrogens is 753 g/mol. The molecule has 2 unspecified atom stereocenters. The maximum Gasteiger partial charge on any atom is 0.408 e. The molecule has 0 aromatic heterocycles. The Balaban J connectivity index is 2.91. The van der Waals surface area contributed by atoms with Gasteiger partial charge in [0.25, 0.3) is 0 Å². The van der Waals surface area contributed by atoms with Crippen molar-refractivity contribution >= 4 is 30.1 Å². The summed E-state index contributed by atoms with van der Waals surface area (Å²) >= 11 is 0. The SMILES string of the molecule is CCCCCCC(C)(C)c1cc(OC(=O)C(C)NC(=O)OC(C)(C)C)c([C@@H]2C=C(COC(=O)C(C)(C)C)C(CC)C[C@H]2CC)c(OC(=O)[C@H](C)NC(=O)OC(C)(C)C)c1. The molecule has 0 saturated carbocycles. The van der Waals surface area contributed by atoms with E-state index in [2.05, 4.69) is 51.3 Å². The molecule has 0 radical (unpaired) electrons. The Kier molecular flexibility index (Phi) is 18.5. The third-order valence-electron chi connectivity index (χ3n) is 10.5. The zero-order chi connectivity index (χ0) is 45.1. The number of carbonyl (C=O) groups excluding carboxylic acids is 5. The predicted octanol–water partition coefficient (Wildman–Crippen LogP) is 10.6. The second-order valence-electron chi connectivity index (χ2n) is 19.8. The van der Waals surface area contributed by atoms with Gasteiger partial charge < -0.3 is 34.3 Å². The highest BCUT2D eigenvalue weighted by atomic mass is 16.6. The zero-order valence-electron chi connectivity index (χ0n) is 39.1. The number of allylic oxidation sites excluding steroid dienone is 1. The van der Waals surface area contributed by atoms with Crippen molar-refractivity contribution in [3.05, 3.63) is 34.9 Å². The fourth-order valence-corrected chi connectivity index (χ4v) is 6.97. The van der Waals surface area contributed by atoms with E-state index in [0.29, 0.717) is 5.56 Å². The van der Waals surface area contributed by atoms with Crippen LogP contribution in [-0.2, 0) is 34.0 Å². The van der Waals surface area contributed by atoms with Crippen LogP contribution in [0.2, 0.25) is 0 Å². The number of benzene rings is 1. The van der Waals surface area contributed by atoms with E-state index in [1.807, 2.05) is 32.9 Å². The molecular formula is C47H76N2O10. The number of amides is 2. The molecule has 5 atom stereocenters. The van der Waals surface area contributed by atoms with E-state index >= 15 is 0 Å². The van der Waals surface area contributed by atoms with Crippen molar-refractivity contribution in [3.63, 3.8) is 0 Å². The monoisotopic (exact) mass is 829 g/mol. The van der Waals surface area contributed by atoms with Crippen molar-refractivity contribution in [1.82, 2.24) is 10.6 Å². The highest BCUT2D eigenvalue weighted by Crippen LogP contribution is 2.50. The van der Waals surface area contributed by atoms with Crippen molar-refractivity contribution in [3.8, 4) is 11.5 Å². The average Bonchev–Trinajstić information content (AvgIpc) is 3.09. The van der Waals surface area contributed by atoms with Gasteiger partial charge in [0.1, 0.15) is 41.4 Å². The van der Waals surface area contributed by atoms with Gasteiger partial charge in [-0.05, 0) is 136 Å². The molecule has 1 aromatic carbocycles. The molecule has 0 bridgehead atoms. The van der Waals surface area contributed by atoms with Gasteiger partial charge in [-0.3, -0.25) is 4.79 Å². The van der Waals surface area contributed by atoms with Gasteiger partial charge in [-0.25, -0.2) is 19.2 Å². The van der Waals surface area contributed by atoms with Gasteiger partial charge in [0, 0.05) is 11.5 Å². The first-order valence-corrected chi connectivity index (χ1v) is 21.6. The van der Waals surface area contributed by atoms with Crippen molar-refractivity contribution in [1.29, 1.82) is 0 Å². The summed E-state index contributed by atoms with van der Waals surface area (Å²) in [6.07, 6.45) is 7.84. The molecule has 59 heavy (non-hydrogen) atoms. The molecule has 334 valence electrons. The summed E-state index contributed by atoms with van der Waals surface area (Å²) in [7, 11) is 0. The standard InChI is InChI=1S/C47H76N2O10/c1-17-20-21-22-23-47(15,16)34-26-36(56-39(50)29(4)48-42(53)58-45(9,10)11)38(37(27-34)57-40(51)30(5)49-43(54)59-46(12,13)14)35-25-33(28-55-41(52)44(6,7)8)31(18-2)24-32(35)19-3/h25-27,29-32,35H,17-24,28H2,1-16H3,(H,48,53)(H,49,54)/t29-,30?,31?,32+,35+/m0/s1. The van der Waals surface area contributed by atoms with Crippen LogP contribution in [0.15, 0.2) is 23.8 Å². The van der Waals surface area contributed by atoms with Crippen LogP contribution in [0.4, 0.5) is 9.59 Å². The number of ether oxygens (including phenoxy) is 5. The highest BCUT2D eigenvalue weighted by Gasteiger charge is 2.38. The minimum absolute atomic E-state index is 0.0134. The van der Waals surface area contributed by atoms with Gasteiger partial charge in [-0.15, -0.1) is 0 Å². The topological polar surface area (TPSA) is 156 Å². The fourth-order valence-electron chi connectivity index (χ4n) is 6.97. The van der Waals surface area contributed by atoms with Gasteiger partial charge in [0.2, 0.25) is 0 Å². The summed E-state index contributed by atoms with van der Waals surface area (Å²) < 4.78 is 29.3. The summed E-state index contributed by atoms with van der Waals surface area (Å²) in [5.74, 6) is -1.75. The summed E-state index contributed by atoms with van der Waals surface area (Å²) in [4.78, 5) is 66.4. The summed E-state index contributed by atoms with van der Waals surface area (Å²) in [6, 6.07) is 1.48. The lowest BCUT2D eigenvalue weighted by atomic mass is 9.69. The summed E-state index contributed by atoms with van der Waals surface area (Å²) in [6.45, 7) is 29.5. The molecule has 2 amide bonds. The van der Waals surface area contributed by atoms with Crippen LogP contribution in [0.3, 0.4) is 0 Å². The van der Waals surface area contributed by atoms with Crippen LogP contribution in [0.5, 0.6) is 11.5 Å². The van der Waals surface area contributed by atoms with Crippen LogP contribution < -0.4 is 20.1 Å². The van der Waals surface area contributed by atoms with E-state index in [4.69, 9.17) is 23.7 Å². The van der Waals surface area contributed by atoms with Gasteiger partial charge in [-0.1, -0.05) is 72.8 Å². The Morgan fingerprint density at radius 1 is 0.712 bits per heavy atom. The molecule has 12 nitrogen and oxygen atoms in total. The lowest BCUT2D eigenvalue weighted by Crippen LogP contribution is -2.43. The Labute approximate surface area is 354 Å². The maximum absolute atomic E-state index is 14.0. The molecule has 1 aliphatic rings. The van der Waals surface area contributed by atoms with Crippen molar-refractivity contribution in [2.24, 2.45) is 17.3 Å². The third kappa shape index (κ3) is 16.5. The number of alkyl carbamates (subject to hydrolysis) is 2. The lowest BCUT2D eigenvalue weighted by Gasteiger charge is -2.37. The number of hydrogen-bond donors (Lipinski definition) is 2. The van der Waals surface area contributed by atoms with Crippen molar-refractivity contribution in [2.45, 2.75) is 197 Å². The molecule has 12 heteroatoms. The van der Waals surface area contributed by atoms with Crippen LogP contribution in [0.1, 0.15) is 179 Å². The first-order valence-electron chi connectivity index (χ1n) is 21.6. The Hall–Kier alpha value is -4.09. The van der Waals surface area contributed by atoms with E-state index in [1.54, 1.807) is 41.5 Å². The highest BCUT2D eigenvalue weighted by molar-refractivity contribution is 5.85. The normalized spacial score (nSPS) is 18.4. The Bertz CT molecular complexity index is 1570. The molecule has 0 spiro atoms. The van der Waals surface area contributed by atoms with Crippen LogP contribution in [0.25, 0.3) is 0 Å². The number of carbonyl (C=O) groups is 5. The van der Waals surface area contributed by atoms with Crippen LogP contribution >= 0.6 is 0 Å². The second-order valence-corrected chi connectivity index (χ2v) is 19.8. The number of nitrogens with one attached hydrogen (secondary N) is 2. The molecule has 0 saturated heterocycles. The van der Waals surface area contributed by atoms with Crippen molar-refractivity contribution in [2.75, 3.05) is 6.61 Å². The predicted molar refractivity (Wildman–Crippen MR) is 231 cm³/mol. The molecule has 1 aromatic rings. The van der Waals surface area contributed by atoms with Gasteiger partial charge in [0.15, 0.2) is 0 Å². The molecule has 1 aliphatic carbocycles. The molecule has 2 rings (SSSR count). The summed E-state index contributed by atoms with van der Waals surface area (Å²) in [5, 5.41) is 5.16. The van der Waals surface area contributed by atoms with E-state index in [-0.39, 0.29) is 35.9 Å². The number of unbranched alkanes of at least 4 members (excludes halogenated alkanes) is 3. The number of esters is 3. The van der Waals surface area contributed by atoms with E-state index in [0.717, 1.165) is 62.5 Å². The zero-order valence-corrected chi connectivity index (χ0v) is 39.1. The molecule has 2 N–H and O–H groups in total. The van der Waals surface area contributed by atoms with Crippen LogP contribution in [-0.4, -0.2) is 60.0 Å². The third-order valence-corrected chi connectivity index (χ3v) is 10.5. The van der Waals surface area contributed by atoms with E-state index in [1.165, 1.54) is 13.8 Å². The number of hydrogen-bond acceptors (Lipinski definition) is 10. The molecule has 0 aliphatic heterocycles. The number of rotatable bonds is 17. The largest absolute Gasteiger partial charge is 0.461 e. The quantitative estimate of drug-likeness (QED) is 0.0509. The Morgan fingerprint density at radius 3 is 1.61 bits per heavy atom. The van der Waals surface area contributed by atoms with Gasteiger partial charge in [-0.2, -0.15) is 0 Å². The Morgan fingerprint density at radius 2 is 1.20 bits per heavy atom. The van der Waals surface area contributed by atoms with Crippen molar-refractivity contribution < 1.29 is 47.7 Å². The molecule has 0 heterocycles.